The van der Waals surface area contributed by atoms with Crippen molar-refractivity contribution >= 4 is 0 Å². The van der Waals surface area contributed by atoms with Crippen LogP contribution in [0.25, 0.3) is 0 Å². The van der Waals surface area contributed by atoms with Crippen molar-refractivity contribution in [2.24, 2.45) is 5.73 Å². The Morgan fingerprint density at radius 3 is 3.06 bits per heavy atom. The van der Waals surface area contributed by atoms with Crippen LogP contribution in [0.4, 0.5) is 0 Å². The highest BCUT2D eigenvalue weighted by Crippen LogP contribution is 2.33. The molecule has 1 unspecified atom stereocenters. The Morgan fingerprint density at radius 2 is 2.33 bits per heavy atom. The molecule has 0 saturated heterocycles. The van der Waals surface area contributed by atoms with E-state index in [-0.39, 0.29) is 6.61 Å². The van der Waals surface area contributed by atoms with Crippen molar-refractivity contribution in [1.29, 1.82) is 0 Å². The number of benzene rings is 1. The Morgan fingerprint density at radius 1 is 1.50 bits per heavy atom. The van der Waals surface area contributed by atoms with Gasteiger partial charge in [0.15, 0.2) is 0 Å². The monoisotopic (exact) mass is 251 g/mol. The lowest BCUT2D eigenvalue weighted by atomic mass is 9.88. The van der Waals surface area contributed by atoms with Crippen LogP contribution in [0.3, 0.4) is 0 Å². The zero-order valence-corrected chi connectivity index (χ0v) is 10.8. The minimum atomic E-state index is -0.953. The molecule has 1 aromatic rings. The molecule has 3 N–H and O–H groups in total. The molecule has 0 aliphatic carbocycles. The average Bonchev–Trinajstić information content (AvgIpc) is 2.84. The fraction of sp³-hybridized carbons (Fsp3) is 0.571. The smallest absolute Gasteiger partial charge is 0.122 e. The fourth-order valence-corrected chi connectivity index (χ4v) is 2.41. The quantitative estimate of drug-likeness (QED) is 0.797. The van der Waals surface area contributed by atoms with Crippen molar-refractivity contribution < 1.29 is 14.6 Å². The number of nitrogens with two attached hydrogens (primary N) is 1. The average molecular weight is 251 g/mol. The van der Waals surface area contributed by atoms with Gasteiger partial charge in [0.25, 0.3) is 0 Å². The first-order valence-corrected chi connectivity index (χ1v) is 6.37. The predicted molar refractivity (Wildman–Crippen MR) is 69.7 cm³/mol. The van der Waals surface area contributed by atoms with E-state index in [4.69, 9.17) is 15.2 Å². The molecule has 2 rings (SSSR count). The van der Waals surface area contributed by atoms with Gasteiger partial charge < -0.3 is 20.3 Å². The highest BCUT2D eigenvalue weighted by Gasteiger charge is 2.30. The first-order valence-electron chi connectivity index (χ1n) is 6.37. The van der Waals surface area contributed by atoms with E-state index in [0.717, 1.165) is 36.3 Å². The fourth-order valence-electron chi connectivity index (χ4n) is 2.41. The van der Waals surface area contributed by atoms with Crippen molar-refractivity contribution in [2.45, 2.75) is 24.9 Å². The molecule has 1 aromatic carbocycles. The van der Waals surface area contributed by atoms with Crippen LogP contribution in [0, 0.1) is 0 Å². The van der Waals surface area contributed by atoms with Crippen molar-refractivity contribution in [3.8, 4) is 5.75 Å². The Hall–Kier alpha value is -1.10. The Kier molecular flexibility index (Phi) is 4.22. The van der Waals surface area contributed by atoms with E-state index in [0.29, 0.717) is 13.0 Å². The molecule has 100 valence electrons. The van der Waals surface area contributed by atoms with E-state index in [1.54, 1.807) is 7.11 Å². The van der Waals surface area contributed by atoms with Gasteiger partial charge in [-0.05, 0) is 42.6 Å². The van der Waals surface area contributed by atoms with Crippen LogP contribution in [0.2, 0.25) is 0 Å². The standard InChI is InChI=1S/C14H21NO3/c1-17-10-14(16,6-2-7-15)12-3-4-13-11(9-12)5-8-18-13/h3-4,9,16H,2,5-8,10,15H2,1H3. The predicted octanol–water partition coefficient (Wildman–Crippen LogP) is 1.19. The Bertz CT molecular complexity index is 408. The molecular formula is C14H21NO3. The van der Waals surface area contributed by atoms with Gasteiger partial charge in [-0.3, -0.25) is 0 Å². The number of hydrogen-bond acceptors (Lipinski definition) is 4. The molecule has 1 aliphatic rings. The first-order chi connectivity index (χ1) is 8.69. The maximum atomic E-state index is 10.7. The molecule has 0 aromatic heterocycles. The third-order valence-corrected chi connectivity index (χ3v) is 3.40. The molecule has 4 nitrogen and oxygen atoms in total. The van der Waals surface area contributed by atoms with Gasteiger partial charge in [-0.2, -0.15) is 0 Å². The number of aliphatic hydroxyl groups is 1. The second-order valence-corrected chi connectivity index (χ2v) is 4.78. The summed E-state index contributed by atoms with van der Waals surface area (Å²) < 4.78 is 10.6. The first kappa shape index (κ1) is 13.3. The van der Waals surface area contributed by atoms with Gasteiger partial charge >= 0.3 is 0 Å². The third-order valence-electron chi connectivity index (χ3n) is 3.40. The molecule has 1 atom stereocenters. The van der Waals surface area contributed by atoms with Crippen LogP contribution in [-0.4, -0.2) is 32.0 Å². The number of hydrogen-bond donors (Lipinski definition) is 2. The molecule has 1 aliphatic heterocycles. The molecule has 0 amide bonds. The summed E-state index contributed by atoms with van der Waals surface area (Å²) in [5.74, 6) is 0.928. The number of fused-ring (bicyclic) bond motifs is 1. The van der Waals surface area contributed by atoms with Crippen molar-refractivity contribution in [3.63, 3.8) is 0 Å². The summed E-state index contributed by atoms with van der Waals surface area (Å²) >= 11 is 0. The molecule has 0 spiro atoms. The second-order valence-electron chi connectivity index (χ2n) is 4.78. The summed E-state index contributed by atoms with van der Waals surface area (Å²) in [7, 11) is 1.60. The van der Waals surface area contributed by atoms with E-state index < -0.39 is 5.60 Å². The van der Waals surface area contributed by atoms with Crippen LogP contribution in [-0.2, 0) is 16.8 Å². The summed E-state index contributed by atoms with van der Waals surface area (Å²) in [5, 5.41) is 10.7. The molecule has 0 fully saturated rings. The number of rotatable bonds is 6. The second kappa shape index (κ2) is 5.69. The topological polar surface area (TPSA) is 64.7 Å². The van der Waals surface area contributed by atoms with Gasteiger partial charge in [-0.1, -0.05) is 6.07 Å². The van der Waals surface area contributed by atoms with Crippen LogP contribution in [0.1, 0.15) is 24.0 Å². The van der Waals surface area contributed by atoms with Gasteiger partial charge in [-0.25, -0.2) is 0 Å². The maximum Gasteiger partial charge on any atom is 0.122 e. The van der Waals surface area contributed by atoms with E-state index >= 15 is 0 Å². The Balaban J connectivity index is 2.24. The van der Waals surface area contributed by atoms with Crippen LogP contribution < -0.4 is 10.5 Å². The summed E-state index contributed by atoms with van der Waals surface area (Å²) in [4.78, 5) is 0. The summed E-state index contributed by atoms with van der Waals surface area (Å²) in [6.07, 6.45) is 2.29. The number of methoxy groups -OCH3 is 1. The zero-order chi connectivity index (χ0) is 13.0. The summed E-state index contributed by atoms with van der Waals surface area (Å²) in [5.41, 5.74) is 6.63. The SMILES string of the molecule is COCC(O)(CCCN)c1ccc2c(c1)CCO2. The molecule has 1 heterocycles. The molecule has 0 saturated carbocycles. The Labute approximate surface area is 108 Å². The molecule has 0 radical (unpaired) electrons. The normalized spacial score (nSPS) is 17.1. The van der Waals surface area contributed by atoms with Gasteiger partial charge in [0.2, 0.25) is 0 Å². The van der Waals surface area contributed by atoms with Crippen molar-refractivity contribution in [3.05, 3.63) is 29.3 Å². The highest BCUT2D eigenvalue weighted by molar-refractivity contribution is 5.41. The maximum absolute atomic E-state index is 10.7. The third kappa shape index (κ3) is 2.66. The van der Waals surface area contributed by atoms with Crippen LogP contribution in [0.15, 0.2) is 18.2 Å². The lowest BCUT2D eigenvalue weighted by Gasteiger charge is -2.28. The minimum absolute atomic E-state index is 0.284. The van der Waals surface area contributed by atoms with E-state index in [1.807, 2.05) is 18.2 Å². The molecular weight excluding hydrogens is 230 g/mol. The highest BCUT2D eigenvalue weighted by atomic mass is 16.5. The van der Waals surface area contributed by atoms with Crippen molar-refractivity contribution in [1.82, 2.24) is 0 Å². The summed E-state index contributed by atoms with van der Waals surface area (Å²) in [6, 6.07) is 5.87. The van der Waals surface area contributed by atoms with E-state index in [1.165, 1.54) is 0 Å². The van der Waals surface area contributed by atoms with Gasteiger partial charge in [-0.15, -0.1) is 0 Å². The van der Waals surface area contributed by atoms with Gasteiger partial charge in [0, 0.05) is 13.5 Å². The van der Waals surface area contributed by atoms with Crippen LogP contribution >= 0.6 is 0 Å². The zero-order valence-electron chi connectivity index (χ0n) is 10.8. The lowest BCUT2D eigenvalue weighted by Crippen LogP contribution is -2.32. The van der Waals surface area contributed by atoms with Gasteiger partial charge in [0.1, 0.15) is 11.4 Å². The van der Waals surface area contributed by atoms with E-state index in [2.05, 4.69) is 0 Å². The number of ether oxygens (including phenoxy) is 2. The van der Waals surface area contributed by atoms with Gasteiger partial charge in [0.05, 0.1) is 13.2 Å². The minimum Gasteiger partial charge on any atom is -0.493 e. The van der Waals surface area contributed by atoms with E-state index in [9.17, 15) is 5.11 Å². The molecule has 0 bridgehead atoms. The molecule has 18 heavy (non-hydrogen) atoms. The lowest BCUT2D eigenvalue weighted by molar-refractivity contribution is -0.0430. The van der Waals surface area contributed by atoms with Crippen LogP contribution in [0.5, 0.6) is 5.75 Å². The molecule has 4 heteroatoms. The largest absolute Gasteiger partial charge is 0.493 e. The summed E-state index contributed by atoms with van der Waals surface area (Å²) in [6.45, 7) is 1.58. The van der Waals surface area contributed by atoms with Crippen molar-refractivity contribution in [2.75, 3.05) is 26.9 Å².